The summed E-state index contributed by atoms with van der Waals surface area (Å²) in [6.45, 7) is 3.53. The van der Waals surface area contributed by atoms with Crippen molar-refractivity contribution in [2.24, 2.45) is 0 Å². The molecule has 0 aliphatic carbocycles. The number of halogens is 1. The number of hydrogen-bond donors (Lipinski definition) is 0. The maximum absolute atomic E-state index is 14.7. The lowest BCUT2D eigenvalue weighted by Gasteiger charge is -2.08. The monoisotopic (exact) mass is 421 g/mol. The molecule has 0 N–H and O–H groups in total. The van der Waals surface area contributed by atoms with E-state index in [1.54, 1.807) is 13.0 Å². The first-order valence-electron chi connectivity index (χ1n) is 9.18. The van der Waals surface area contributed by atoms with Crippen LogP contribution in [-0.4, -0.2) is 27.5 Å². The Hall–Kier alpha value is -3.49. The number of carbonyl (C=O) groups is 1. The van der Waals surface area contributed by atoms with Gasteiger partial charge in [-0.1, -0.05) is 17.0 Å². The smallest absolute Gasteiger partial charge is 0.223 e. The Labute approximate surface area is 176 Å². The molecule has 0 radical (unpaired) electrons. The van der Waals surface area contributed by atoms with Gasteiger partial charge in [-0.2, -0.15) is 4.98 Å². The van der Waals surface area contributed by atoms with Crippen LogP contribution >= 0.6 is 11.3 Å². The zero-order chi connectivity index (χ0) is 21.3. The van der Waals surface area contributed by atoms with Gasteiger partial charge in [0.25, 0.3) is 0 Å². The minimum atomic E-state index is -0.518. The summed E-state index contributed by atoms with van der Waals surface area (Å²) < 4.78 is 25.4. The van der Waals surface area contributed by atoms with E-state index in [1.807, 2.05) is 0 Å². The maximum Gasteiger partial charge on any atom is 0.223 e. The van der Waals surface area contributed by atoms with Crippen LogP contribution in [0.1, 0.15) is 51.2 Å². The zero-order valence-corrected chi connectivity index (χ0v) is 17.1. The van der Waals surface area contributed by atoms with E-state index in [0.29, 0.717) is 46.8 Å². The molecule has 0 amide bonds. The Balaban J connectivity index is 1.77. The summed E-state index contributed by atoms with van der Waals surface area (Å²) in [7, 11) is 0. The largest absolute Gasteiger partial charge is 0.492 e. The summed E-state index contributed by atoms with van der Waals surface area (Å²) in [6.07, 6.45) is 6.29. The quantitative estimate of drug-likeness (QED) is 0.471. The highest BCUT2D eigenvalue weighted by atomic mass is 32.1. The molecule has 2 aromatic heterocycles. The molecule has 0 bridgehead atoms. The minimum absolute atomic E-state index is 0.106. The van der Waals surface area contributed by atoms with Crippen LogP contribution in [0.3, 0.4) is 0 Å². The molecule has 30 heavy (non-hydrogen) atoms. The number of terminal acetylenes is 1. The average Bonchev–Trinajstić information content (AvgIpc) is 3.29. The molecule has 1 aliphatic rings. The van der Waals surface area contributed by atoms with E-state index >= 15 is 0 Å². The molecule has 1 aromatic carbocycles. The van der Waals surface area contributed by atoms with Crippen molar-refractivity contribution >= 4 is 17.1 Å². The zero-order valence-electron chi connectivity index (χ0n) is 16.3. The highest BCUT2D eigenvalue weighted by molar-refractivity contribution is 7.14. The number of rotatable bonds is 3. The predicted molar refractivity (Wildman–Crippen MR) is 109 cm³/mol. The summed E-state index contributed by atoms with van der Waals surface area (Å²) in [5.74, 6) is 8.37. The third kappa shape index (κ3) is 3.83. The van der Waals surface area contributed by atoms with Crippen molar-refractivity contribution in [3.63, 3.8) is 0 Å². The van der Waals surface area contributed by atoms with E-state index < -0.39 is 11.7 Å². The summed E-state index contributed by atoms with van der Waals surface area (Å²) in [5, 5.41) is 4.29. The van der Waals surface area contributed by atoms with Crippen LogP contribution in [0.15, 0.2) is 16.7 Å². The van der Waals surface area contributed by atoms with Gasteiger partial charge in [0.1, 0.15) is 11.6 Å². The van der Waals surface area contributed by atoms with Crippen LogP contribution in [0.5, 0.6) is 5.75 Å². The van der Waals surface area contributed by atoms with Crippen molar-refractivity contribution in [1.82, 2.24) is 15.1 Å². The fraction of sp³-hybridized carbons (Fsp3) is 0.273. The topological polar surface area (TPSA) is 78.1 Å². The second-order valence-corrected chi connectivity index (χ2v) is 7.76. The highest BCUT2D eigenvalue weighted by Gasteiger charge is 2.23. The Bertz CT molecular complexity index is 1240. The standard InChI is InChI=1S/C22H16FN3O3S/c1-4-5-14(21-24-13(3)29-26-21)6-7-15-10-16-18(11-17(15)23)28-9-8-19-20(16)25-22(30-19)12(2)27/h1,10-11,14H,5,8-9H2,2-3H3. The Morgan fingerprint density at radius 2 is 2.23 bits per heavy atom. The fourth-order valence-electron chi connectivity index (χ4n) is 3.04. The summed E-state index contributed by atoms with van der Waals surface area (Å²) >= 11 is 1.34. The van der Waals surface area contributed by atoms with E-state index in [9.17, 15) is 9.18 Å². The van der Waals surface area contributed by atoms with E-state index in [1.165, 1.54) is 24.3 Å². The van der Waals surface area contributed by atoms with Crippen molar-refractivity contribution in [1.29, 1.82) is 0 Å². The van der Waals surface area contributed by atoms with Crippen LogP contribution in [0.25, 0.3) is 11.3 Å². The number of fused-ring (bicyclic) bond motifs is 3. The second kappa shape index (κ2) is 8.10. The van der Waals surface area contributed by atoms with Crippen LogP contribution in [0.2, 0.25) is 0 Å². The number of carbonyl (C=O) groups excluding carboxylic acids is 1. The molecule has 6 nitrogen and oxygen atoms in total. The molecule has 3 heterocycles. The Morgan fingerprint density at radius 1 is 1.40 bits per heavy atom. The molecule has 3 aromatic rings. The van der Waals surface area contributed by atoms with Gasteiger partial charge in [-0.25, -0.2) is 9.37 Å². The van der Waals surface area contributed by atoms with Crippen molar-refractivity contribution in [2.45, 2.75) is 32.6 Å². The molecule has 0 saturated heterocycles. The molecule has 150 valence electrons. The number of nitrogens with zero attached hydrogens (tertiary/aromatic N) is 3. The van der Waals surface area contributed by atoms with Gasteiger partial charge in [-0.05, 0) is 6.07 Å². The molecule has 0 saturated carbocycles. The number of ether oxygens (including phenoxy) is 1. The van der Waals surface area contributed by atoms with Crippen molar-refractivity contribution in [3.05, 3.63) is 45.1 Å². The molecule has 8 heteroatoms. The van der Waals surface area contributed by atoms with E-state index in [-0.39, 0.29) is 17.8 Å². The van der Waals surface area contributed by atoms with Gasteiger partial charge in [0, 0.05) is 43.2 Å². The SMILES string of the molecule is C#CCC(C#Cc1cc2c(cc1F)OCCc1sc(C(C)=O)nc1-2)c1noc(C)n1. The Morgan fingerprint density at radius 3 is 2.93 bits per heavy atom. The van der Waals surface area contributed by atoms with Crippen molar-refractivity contribution < 1.29 is 18.4 Å². The van der Waals surface area contributed by atoms with Gasteiger partial charge >= 0.3 is 0 Å². The van der Waals surface area contributed by atoms with Crippen LogP contribution in [0, 0.1) is 36.9 Å². The molecule has 0 fully saturated rings. The van der Waals surface area contributed by atoms with Crippen LogP contribution < -0.4 is 4.74 Å². The minimum Gasteiger partial charge on any atom is -0.492 e. The van der Waals surface area contributed by atoms with Gasteiger partial charge in [0.2, 0.25) is 5.89 Å². The number of Topliss-reactive ketones (excluding diaryl/α,β-unsaturated/α-hetero) is 1. The number of aromatic nitrogens is 3. The molecule has 1 atom stereocenters. The number of hydrogen-bond acceptors (Lipinski definition) is 7. The van der Waals surface area contributed by atoms with Gasteiger partial charge in [-0.3, -0.25) is 4.79 Å². The normalized spacial score (nSPS) is 13.0. The molecular formula is C22H16FN3O3S. The summed E-state index contributed by atoms with van der Waals surface area (Å²) in [4.78, 5) is 21.3. The third-order valence-electron chi connectivity index (χ3n) is 4.47. The number of benzene rings is 1. The summed E-state index contributed by atoms with van der Waals surface area (Å²) in [6, 6.07) is 2.90. The van der Waals surface area contributed by atoms with Crippen LogP contribution in [-0.2, 0) is 6.42 Å². The van der Waals surface area contributed by atoms with Gasteiger partial charge in [0.05, 0.1) is 23.8 Å². The third-order valence-corrected chi connectivity index (χ3v) is 5.68. The van der Waals surface area contributed by atoms with Crippen LogP contribution in [0.4, 0.5) is 4.39 Å². The lowest BCUT2D eigenvalue weighted by Crippen LogP contribution is -2.00. The highest BCUT2D eigenvalue weighted by Crippen LogP contribution is 2.39. The average molecular weight is 421 g/mol. The first-order valence-corrected chi connectivity index (χ1v) is 10.0. The lowest BCUT2D eigenvalue weighted by atomic mass is 10.0. The van der Waals surface area contributed by atoms with E-state index in [2.05, 4.69) is 32.9 Å². The molecule has 4 rings (SSSR count). The van der Waals surface area contributed by atoms with Gasteiger partial charge in [-0.15, -0.1) is 23.7 Å². The molecular weight excluding hydrogens is 405 g/mol. The summed E-state index contributed by atoms with van der Waals surface area (Å²) in [5.41, 5.74) is 1.42. The molecule has 1 aliphatic heterocycles. The van der Waals surface area contributed by atoms with E-state index in [4.69, 9.17) is 15.7 Å². The second-order valence-electron chi connectivity index (χ2n) is 6.68. The number of thiazole rings is 1. The van der Waals surface area contributed by atoms with Crippen molar-refractivity contribution in [3.8, 4) is 41.2 Å². The maximum atomic E-state index is 14.7. The Kier molecular flexibility index (Phi) is 5.35. The first-order chi connectivity index (χ1) is 14.5. The van der Waals surface area contributed by atoms with Gasteiger partial charge < -0.3 is 9.26 Å². The predicted octanol–water partition coefficient (Wildman–Crippen LogP) is 3.94. The van der Waals surface area contributed by atoms with E-state index in [0.717, 1.165) is 4.88 Å². The lowest BCUT2D eigenvalue weighted by molar-refractivity contribution is 0.101. The molecule has 0 spiro atoms. The fourth-order valence-corrected chi connectivity index (χ4v) is 3.99. The number of ketones is 1. The number of aryl methyl sites for hydroxylation is 1. The first kappa shape index (κ1) is 19.8. The van der Waals surface area contributed by atoms with Crippen molar-refractivity contribution in [2.75, 3.05) is 6.61 Å². The van der Waals surface area contributed by atoms with Gasteiger partial charge in [0.15, 0.2) is 16.6 Å². The molecule has 1 unspecified atom stereocenters.